The molecule has 1 fully saturated rings. The third-order valence-corrected chi connectivity index (χ3v) is 3.68. The molecule has 0 saturated carbocycles. The third-order valence-electron chi connectivity index (χ3n) is 3.68. The number of rotatable bonds is 4. The van der Waals surface area contributed by atoms with Crippen LogP contribution in [0.15, 0.2) is 24.3 Å². The smallest absolute Gasteiger partial charge is 0.245 e. The molecule has 0 bridgehead atoms. The molecule has 1 aliphatic heterocycles. The summed E-state index contributed by atoms with van der Waals surface area (Å²) >= 11 is 0. The molecule has 1 aromatic rings. The minimum absolute atomic E-state index is 0.0450. The largest absolute Gasteiger partial charge is 0.378 e. The molecule has 1 saturated heterocycles. The van der Waals surface area contributed by atoms with Crippen LogP contribution in [0.3, 0.4) is 0 Å². The molecule has 2 rings (SSSR count). The minimum Gasteiger partial charge on any atom is -0.378 e. The fourth-order valence-electron chi connectivity index (χ4n) is 2.39. The van der Waals surface area contributed by atoms with Crippen molar-refractivity contribution in [3.05, 3.63) is 35.4 Å². The van der Waals surface area contributed by atoms with E-state index in [9.17, 15) is 9.59 Å². The lowest BCUT2D eigenvalue weighted by molar-refractivity contribution is -0.139. The Hall–Kier alpha value is -1.88. The van der Waals surface area contributed by atoms with Gasteiger partial charge in [0, 0.05) is 13.1 Å². The summed E-state index contributed by atoms with van der Waals surface area (Å²) in [5.74, 6) is -0.171. The second-order valence-corrected chi connectivity index (χ2v) is 5.33. The van der Waals surface area contributed by atoms with Gasteiger partial charge in [0.05, 0.1) is 19.6 Å². The Bertz CT molecular complexity index is 510. The highest BCUT2D eigenvalue weighted by molar-refractivity contribution is 5.88. The molecule has 0 radical (unpaired) electrons. The molecule has 1 atom stereocenters. The van der Waals surface area contributed by atoms with Gasteiger partial charge in [0.15, 0.2) is 0 Å². The van der Waals surface area contributed by atoms with Gasteiger partial charge < -0.3 is 15.0 Å². The molecular formula is C16H22N2O3. The summed E-state index contributed by atoms with van der Waals surface area (Å²) in [6, 6.07) is 7.27. The predicted molar refractivity (Wildman–Crippen MR) is 79.9 cm³/mol. The lowest BCUT2D eigenvalue weighted by atomic mass is 10.1. The number of amides is 2. The first-order chi connectivity index (χ1) is 10.1. The third kappa shape index (κ3) is 4.29. The van der Waals surface area contributed by atoms with Gasteiger partial charge in [-0.3, -0.25) is 9.59 Å². The number of aryl methyl sites for hydroxylation is 1. The van der Waals surface area contributed by atoms with E-state index in [1.54, 1.807) is 11.8 Å². The summed E-state index contributed by atoms with van der Waals surface area (Å²) in [4.78, 5) is 26.0. The van der Waals surface area contributed by atoms with Crippen LogP contribution in [-0.4, -0.2) is 49.1 Å². The van der Waals surface area contributed by atoms with Crippen LogP contribution in [0, 0.1) is 6.92 Å². The highest BCUT2D eigenvalue weighted by Crippen LogP contribution is 2.08. The van der Waals surface area contributed by atoms with Crippen LogP contribution in [0.2, 0.25) is 0 Å². The molecule has 1 aromatic carbocycles. The Morgan fingerprint density at radius 3 is 2.62 bits per heavy atom. The molecule has 5 nitrogen and oxygen atoms in total. The Kier molecular flexibility index (Phi) is 5.33. The molecule has 5 heteroatoms. The van der Waals surface area contributed by atoms with E-state index in [-0.39, 0.29) is 11.8 Å². The summed E-state index contributed by atoms with van der Waals surface area (Å²) in [6.45, 7) is 6.03. The summed E-state index contributed by atoms with van der Waals surface area (Å²) in [6.07, 6.45) is 0.299. The number of hydrogen-bond acceptors (Lipinski definition) is 3. The quantitative estimate of drug-likeness (QED) is 0.896. The molecule has 1 heterocycles. The summed E-state index contributed by atoms with van der Waals surface area (Å²) in [5, 5.41) is 2.78. The van der Waals surface area contributed by atoms with Crippen LogP contribution in [0.5, 0.6) is 0 Å². The number of carbonyl (C=O) groups excluding carboxylic acids is 2. The molecule has 0 aromatic heterocycles. The highest BCUT2D eigenvalue weighted by atomic mass is 16.5. The molecular weight excluding hydrogens is 268 g/mol. The number of morpholine rings is 1. The van der Waals surface area contributed by atoms with Gasteiger partial charge in [-0.05, 0) is 25.0 Å². The van der Waals surface area contributed by atoms with E-state index in [1.807, 2.05) is 31.2 Å². The lowest BCUT2D eigenvalue weighted by Gasteiger charge is -2.29. The molecule has 0 spiro atoms. The number of ether oxygens (including phenoxy) is 1. The van der Waals surface area contributed by atoms with Crippen molar-refractivity contribution in [3.8, 4) is 0 Å². The maximum atomic E-state index is 12.2. The fraction of sp³-hybridized carbons (Fsp3) is 0.500. The Labute approximate surface area is 125 Å². The van der Waals surface area contributed by atoms with Crippen molar-refractivity contribution >= 4 is 11.8 Å². The van der Waals surface area contributed by atoms with Gasteiger partial charge in [-0.2, -0.15) is 0 Å². The van der Waals surface area contributed by atoms with Crippen LogP contribution >= 0.6 is 0 Å². The lowest BCUT2D eigenvalue weighted by Crippen LogP contribution is -2.50. The summed E-state index contributed by atoms with van der Waals surface area (Å²) < 4.78 is 5.22. The van der Waals surface area contributed by atoms with Gasteiger partial charge in [0.1, 0.15) is 6.04 Å². The van der Waals surface area contributed by atoms with Crippen LogP contribution < -0.4 is 5.32 Å². The van der Waals surface area contributed by atoms with E-state index in [0.29, 0.717) is 32.7 Å². The topological polar surface area (TPSA) is 58.6 Å². The summed E-state index contributed by atoms with van der Waals surface area (Å²) in [5.41, 5.74) is 2.07. The standard InChI is InChI=1S/C16H22N2O3/c1-12-5-3-4-6-14(12)11-15(19)17-13(2)16(20)18-7-9-21-10-8-18/h3-6,13H,7-11H2,1-2H3,(H,17,19)/t13-/m0/s1. The van der Waals surface area contributed by atoms with Crippen LogP contribution in [0.4, 0.5) is 0 Å². The summed E-state index contributed by atoms with van der Waals surface area (Å²) in [7, 11) is 0. The molecule has 21 heavy (non-hydrogen) atoms. The zero-order valence-corrected chi connectivity index (χ0v) is 12.6. The van der Waals surface area contributed by atoms with Gasteiger partial charge in [-0.25, -0.2) is 0 Å². The van der Waals surface area contributed by atoms with Crippen LogP contribution in [0.1, 0.15) is 18.1 Å². The SMILES string of the molecule is Cc1ccccc1CC(=O)N[C@@H](C)C(=O)N1CCOCC1. The van der Waals surface area contributed by atoms with Crippen molar-refractivity contribution in [1.29, 1.82) is 0 Å². The number of nitrogens with one attached hydrogen (secondary N) is 1. The van der Waals surface area contributed by atoms with E-state index in [0.717, 1.165) is 11.1 Å². The molecule has 2 amide bonds. The molecule has 0 unspecified atom stereocenters. The number of hydrogen-bond donors (Lipinski definition) is 1. The van der Waals surface area contributed by atoms with E-state index in [2.05, 4.69) is 5.32 Å². The first-order valence-corrected chi connectivity index (χ1v) is 7.28. The average molecular weight is 290 g/mol. The molecule has 1 N–H and O–H groups in total. The Morgan fingerprint density at radius 1 is 1.29 bits per heavy atom. The van der Waals surface area contributed by atoms with E-state index in [4.69, 9.17) is 4.74 Å². The number of benzene rings is 1. The Morgan fingerprint density at radius 2 is 1.95 bits per heavy atom. The minimum atomic E-state index is -0.500. The van der Waals surface area contributed by atoms with E-state index < -0.39 is 6.04 Å². The molecule has 0 aliphatic carbocycles. The monoisotopic (exact) mass is 290 g/mol. The Balaban J connectivity index is 1.87. The zero-order valence-electron chi connectivity index (χ0n) is 12.6. The fourth-order valence-corrected chi connectivity index (χ4v) is 2.39. The van der Waals surface area contributed by atoms with Crippen LogP contribution in [-0.2, 0) is 20.7 Å². The van der Waals surface area contributed by atoms with Gasteiger partial charge in [0.25, 0.3) is 0 Å². The van der Waals surface area contributed by atoms with Gasteiger partial charge in [-0.15, -0.1) is 0 Å². The molecule has 114 valence electrons. The van der Waals surface area contributed by atoms with Gasteiger partial charge in [-0.1, -0.05) is 24.3 Å². The maximum absolute atomic E-state index is 12.2. The van der Waals surface area contributed by atoms with E-state index >= 15 is 0 Å². The number of carbonyl (C=O) groups is 2. The second kappa shape index (κ2) is 7.22. The highest BCUT2D eigenvalue weighted by Gasteiger charge is 2.23. The first kappa shape index (κ1) is 15.5. The van der Waals surface area contributed by atoms with Crippen molar-refractivity contribution in [1.82, 2.24) is 10.2 Å². The van der Waals surface area contributed by atoms with Crippen molar-refractivity contribution < 1.29 is 14.3 Å². The van der Waals surface area contributed by atoms with E-state index in [1.165, 1.54) is 0 Å². The normalized spacial score (nSPS) is 16.4. The van der Waals surface area contributed by atoms with Crippen molar-refractivity contribution in [2.45, 2.75) is 26.3 Å². The van der Waals surface area contributed by atoms with Crippen molar-refractivity contribution in [2.24, 2.45) is 0 Å². The second-order valence-electron chi connectivity index (χ2n) is 5.33. The predicted octanol–water partition coefficient (Wildman–Crippen LogP) is 0.901. The zero-order chi connectivity index (χ0) is 15.2. The average Bonchev–Trinajstić information content (AvgIpc) is 2.49. The molecule has 1 aliphatic rings. The van der Waals surface area contributed by atoms with Crippen molar-refractivity contribution in [3.63, 3.8) is 0 Å². The maximum Gasteiger partial charge on any atom is 0.245 e. The van der Waals surface area contributed by atoms with Crippen LogP contribution in [0.25, 0.3) is 0 Å². The number of nitrogens with zero attached hydrogens (tertiary/aromatic N) is 1. The van der Waals surface area contributed by atoms with Crippen molar-refractivity contribution in [2.75, 3.05) is 26.3 Å². The first-order valence-electron chi connectivity index (χ1n) is 7.28. The van der Waals surface area contributed by atoms with Gasteiger partial charge in [0.2, 0.25) is 11.8 Å². The van der Waals surface area contributed by atoms with Gasteiger partial charge >= 0.3 is 0 Å².